The standard InChI is InChI=1S/C9H15O2.U/c1-5-4-8(10)7(3)9(11)6(5)2;/h6-8,10H,4H2,1-3H3;/q-1;. The van der Waals surface area contributed by atoms with Gasteiger partial charge in [0.2, 0.25) is 0 Å². The largest absolute Gasteiger partial charge is 0.395 e. The molecule has 0 saturated heterocycles. The van der Waals surface area contributed by atoms with Gasteiger partial charge in [0.05, 0.1) is 0 Å². The van der Waals surface area contributed by atoms with Crippen molar-refractivity contribution in [3.8, 4) is 0 Å². The Morgan fingerprint density at radius 3 is 2.50 bits per heavy atom. The quantitative estimate of drug-likeness (QED) is 0.628. The Hall–Kier alpha value is 0.682. The number of Topliss-reactive ketones (excluding diaryl/α,β-unsaturated/α-hetero) is 1. The van der Waals surface area contributed by atoms with Crippen molar-refractivity contribution in [3.63, 3.8) is 0 Å². The first kappa shape index (κ1) is 12.7. The van der Waals surface area contributed by atoms with Gasteiger partial charge in [0.25, 0.3) is 0 Å². The smallest absolute Gasteiger partial charge is 0.111 e. The minimum absolute atomic E-state index is 0. The van der Waals surface area contributed by atoms with Gasteiger partial charge in [-0.15, -0.1) is 12.3 Å². The van der Waals surface area contributed by atoms with E-state index in [-0.39, 0.29) is 48.7 Å². The summed E-state index contributed by atoms with van der Waals surface area (Å²) in [6.07, 6.45) is 0.243. The molecular weight excluding hydrogens is 378 g/mol. The van der Waals surface area contributed by atoms with Crippen molar-refractivity contribution in [1.82, 2.24) is 0 Å². The molecule has 1 rings (SSSR count). The van der Waals surface area contributed by atoms with Crippen LogP contribution in [0.1, 0.15) is 27.2 Å². The Labute approximate surface area is 97.5 Å². The van der Waals surface area contributed by atoms with Crippen molar-refractivity contribution >= 4 is 5.78 Å². The van der Waals surface area contributed by atoms with E-state index in [2.05, 4.69) is 0 Å². The number of ketones is 1. The van der Waals surface area contributed by atoms with Crippen molar-refractivity contribution in [1.29, 1.82) is 0 Å². The van der Waals surface area contributed by atoms with Gasteiger partial charge in [-0.25, -0.2) is 0 Å². The van der Waals surface area contributed by atoms with Gasteiger partial charge in [0, 0.05) is 43.1 Å². The average Bonchev–Trinajstić information content (AvgIpc) is 1.97. The fraction of sp³-hybridized carbons (Fsp3) is 0.778. The zero-order valence-corrected chi connectivity index (χ0v) is 12.0. The second kappa shape index (κ2) is 4.79. The molecule has 0 bridgehead atoms. The first-order chi connectivity index (χ1) is 5.04. The van der Waals surface area contributed by atoms with Crippen LogP contribution in [0.5, 0.6) is 0 Å². The molecule has 0 aromatic carbocycles. The van der Waals surface area contributed by atoms with Gasteiger partial charge in [0.15, 0.2) is 0 Å². The van der Waals surface area contributed by atoms with E-state index >= 15 is 0 Å². The zero-order valence-electron chi connectivity index (χ0n) is 7.79. The first-order valence-corrected chi connectivity index (χ1v) is 4.08. The maximum absolute atomic E-state index is 11.4. The minimum Gasteiger partial charge on any atom is -0.395 e. The average molecular weight is 393 g/mol. The molecule has 0 spiro atoms. The summed E-state index contributed by atoms with van der Waals surface area (Å²) in [5, 5.41) is 9.39. The summed E-state index contributed by atoms with van der Waals surface area (Å²) >= 11 is 0. The molecule has 1 N–H and O–H groups in total. The summed E-state index contributed by atoms with van der Waals surface area (Å²) in [7, 11) is 0. The van der Waals surface area contributed by atoms with Crippen molar-refractivity contribution in [2.75, 3.05) is 0 Å². The van der Waals surface area contributed by atoms with Crippen LogP contribution < -0.4 is 0 Å². The Morgan fingerprint density at radius 2 is 2.00 bits per heavy atom. The van der Waals surface area contributed by atoms with E-state index in [0.717, 1.165) is 5.92 Å². The molecule has 1 fully saturated rings. The van der Waals surface area contributed by atoms with Gasteiger partial charge in [-0.2, -0.15) is 6.92 Å². The molecule has 3 heteroatoms. The molecule has 3 unspecified atom stereocenters. The fourth-order valence-electron chi connectivity index (χ4n) is 1.51. The third kappa shape index (κ3) is 2.34. The SMILES string of the molecule is C[C-]1CC(O)C(C)C(=O)C1C.[U]. The zero-order chi connectivity index (χ0) is 8.59. The summed E-state index contributed by atoms with van der Waals surface area (Å²) in [5.41, 5.74) is 0. The van der Waals surface area contributed by atoms with Crippen LogP contribution in [0, 0.1) is 48.9 Å². The number of carbonyl (C=O) groups excluding carboxylic acids is 1. The number of rotatable bonds is 0. The second-order valence-corrected chi connectivity index (χ2v) is 3.53. The fourth-order valence-corrected chi connectivity index (χ4v) is 1.51. The summed E-state index contributed by atoms with van der Waals surface area (Å²) in [4.78, 5) is 11.4. The van der Waals surface area contributed by atoms with E-state index < -0.39 is 6.10 Å². The normalized spacial score (nSPS) is 37.7. The molecule has 1 aliphatic carbocycles. The molecule has 0 amide bonds. The topological polar surface area (TPSA) is 37.3 Å². The number of aliphatic hydroxyl groups excluding tert-OH is 1. The van der Waals surface area contributed by atoms with Crippen molar-refractivity contribution in [3.05, 3.63) is 5.92 Å². The summed E-state index contributed by atoms with van der Waals surface area (Å²) in [6, 6.07) is 0. The molecule has 0 aromatic heterocycles. The van der Waals surface area contributed by atoms with Crippen LogP contribution in [0.3, 0.4) is 0 Å². The first-order valence-electron chi connectivity index (χ1n) is 4.08. The van der Waals surface area contributed by atoms with Crippen LogP contribution in [0.4, 0.5) is 0 Å². The Bertz CT molecular complexity index is 154. The van der Waals surface area contributed by atoms with E-state index in [0.29, 0.717) is 6.42 Å². The van der Waals surface area contributed by atoms with Crippen LogP contribution in [-0.4, -0.2) is 17.0 Å². The van der Waals surface area contributed by atoms with Crippen molar-refractivity contribution < 1.29 is 41.0 Å². The van der Waals surface area contributed by atoms with Crippen LogP contribution >= 0.6 is 0 Å². The molecule has 68 valence electrons. The molecule has 0 radical (unpaired) electrons. The molecule has 0 heterocycles. The van der Waals surface area contributed by atoms with Crippen LogP contribution in [0.25, 0.3) is 0 Å². The number of hydrogen-bond acceptors (Lipinski definition) is 2. The maximum Gasteiger partial charge on any atom is 0.111 e. The van der Waals surface area contributed by atoms with E-state index in [1.165, 1.54) is 0 Å². The maximum atomic E-state index is 11.4. The number of aliphatic hydroxyl groups is 1. The van der Waals surface area contributed by atoms with Crippen LogP contribution in [-0.2, 0) is 4.79 Å². The van der Waals surface area contributed by atoms with Gasteiger partial charge in [-0.05, 0) is 0 Å². The number of carbonyl (C=O) groups is 1. The van der Waals surface area contributed by atoms with Crippen molar-refractivity contribution in [2.45, 2.75) is 33.3 Å². The van der Waals surface area contributed by atoms with Gasteiger partial charge in [-0.3, -0.25) is 0 Å². The Kier molecular flexibility index (Phi) is 5.06. The van der Waals surface area contributed by atoms with Gasteiger partial charge >= 0.3 is 0 Å². The third-order valence-electron chi connectivity index (χ3n) is 2.72. The number of hydrogen-bond donors (Lipinski definition) is 1. The van der Waals surface area contributed by atoms with E-state index in [1.807, 2.05) is 13.8 Å². The third-order valence-corrected chi connectivity index (χ3v) is 2.72. The van der Waals surface area contributed by atoms with Crippen LogP contribution in [0.2, 0.25) is 0 Å². The summed E-state index contributed by atoms with van der Waals surface area (Å²) in [6.45, 7) is 5.66. The van der Waals surface area contributed by atoms with Crippen molar-refractivity contribution in [2.24, 2.45) is 11.8 Å². The summed E-state index contributed by atoms with van der Waals surface area (Å²) < 4.78 is 0. The molecule has 2 nitrogen and oxygen atoms in total. The van der Waals surface area contributed by atoms with Crippen LogP contribution in [0.15, 0.2) is 0 Å². The Morgan fingerprint density at radius 1 is 1.50 bits per heavy atom. The van der Waals surface area contributed by atoms with Gasteiger partial charge in [0.1, 0.15) is 5.78 Å². The second-order valence-electron chi connectivity index (χ2n) is 3.53. The molecule has 12 heavy (non-hydrogen) atoms. The molecular formula is C9H15O2U-. The van der Waals surface area contributed by atoms with Gasteiger partial charge in [-0.1, -0.05) is 13.8 Å². The molecule has 0 aliphatic heterocycles. The van der Waals surface area contributed by atoms with E-state index in [9.17, 15) is 9.90 Å². The van der Waals surface area contributed by atoms with E-state index in [1.54, 1.807) is 6.92 Å². The predicted molar refractivity (Wildman–Crippen MR) is 42.9 cm³/mol. The molecule has 3 atom stereocenters. The molecule has 1 saturated carbocycles. The predicted octanol–water partition coefficient (Wildman–Crippen LogP) is 1.19. The minimum atomic E-state index is -0.446. The molecule has 0 aromatic rings. The summed E-state index contributed by atoms with van der Waals surface area (Å²) in [5.74, 6) is 1.17. The van der Waals surface area contributed by atoms with E-state index in [4.69, 9.17) is 0 Å². The molecule has 1 aliphatic rings. The Balaban J connectivity index is 0.00000121. The monoisotopic (exact) mass is 393 g/mol. The van der Waals surface area contributed by atoms with Gasteiger partial charge < -0.3 is 15.8 Å².